The molecule has 102 valence electrons. The Bertz CT molecular complexity index is 634. The van der Waals surface area contributed by atoms with Crippen molar-refractivity contribution in [1.29, 1.82) is 0 Å². The quantitative estimate of drug-likeness (QED) is 0.781. The summed E-state index contributed by atoms with van der Waals surface area (Å²) in [4.78, 5) is 10.9. The second kappa shape index (κ2) is 5.37. The van der Waals surface area contributed by atoms with Crippen LogP contribution in [0.2, 0.25) is 0 Å². The van der Waals surface area contributed by atoms with Gasteiger partial charge in [0.15, 0.2) is 11.5 Å². The summed E-state index contributed by atoms with van der Waals surface area (Å²) >= 11 is 0. The molecule has 0 spiro atoms. The summed E-state index contributed by atoms with van der Waals surface area (Å²) in [5.41, 5.74) is 2.69. The highest BCUT2D eigenvalue weighted by atomic mass is 16.5. The zero-order chi connectivity index (χ0) is 13.9. The Morgan fingerprint density at radius 1 is 1.00 bits per heavy atom. The Labute approximate surface area is 118 Å². The molecule has 3 heteroatoms. The molecule has 1 atom stereocenters. The van der Waals surface area contributed by atoms with E-state index in [4.69, 9.17) is 9.47 Å². The smallest absolute Gasteiger partial charge is 0.161 e. The zero-order valence-electron chi connectivity index (χ0n) is 11.3. The van der Waals surface area contributed by atoms with Crippen molar-refractivity contribution in [2.45, 2.75) is 6.92 Å². The number of hydrogen-bond acceptors (Lipinski definition) is 3. The molecule has 0 fully saturated rings. The number of ether oxygens (including phenoxy) is 2. The highest BCUT2D eigenvalue weighted by Gasteiger charge is 2.15. The van der Waals surface area contributed by atoms with E-state index in [-0.39, 0.29) is 0 Å². The summed E-state index contributed by atoms with van der Waals surface area (Å²) in [5, 5.41) is 0. The minimum absolute atomic E-state index is 0.379. The zero-order valence-corrected chi connectivity index (χ0v) is 11.3. The van der Waals surface area contributed by atoms with E-state index in [1.54, 1.807) is 6.07 Å². The van der Waals surface area contributed by atoms with Gasteiger partial charge in [-0.05, 0) is 29.3 Å². The lowest BCUT2D eigenvalue weighted by Gasteiger charge is -2.09. The third kappa shape index (κ3) is 2.52. The molecule has 0 aliphatic carbocycles. The number of rotatable bonds is 2. The lowest BCUT2D eigenvalue weighted by molar-refractivity contribution is 0.112. The van der Waals surface area contributed by atoms with Crippen molar-refractivity contribution in [2.24, 2.45) is 5.92 Å². The molecular weight excluding hydrogens is 252 g/mol. The van der Waals surface area contributed by atoms with Crippen molar-refractivity contribution >= 4 is 6.29 Å². The summed E-state index contributed by atoms with van der Waals surface area (Å²) in [7, 11) is 0. The van der Waals surface area contributed by atoms with Crippen molar-refractivity contribution in [3.8, 4) is 22.6 Å². The SMILES string of the molecule is CC1COc2ccc(-c3cccc(C=O)c3)cc2OC1. The molecular formula is C17H16O3. The molecule has 0 saturated carbocycles. The van der Waals surface area contributed by atoms with E-state index in [9.17, 15) is 4.79 Å². The van der Waals surface area contributed by atoms with E-state index in [1.165, 1.54) is 0 Å². The van der Waals surface area contributed by atoms with Gasteiger partial charge >= 0.3 is 0 Å². The van der Waals surface area contributed by atoms with Gasteiger partial charge in [-0.2, -0.15) is 0 Å². The van der Waals surface area contributed by atoms with Gasteiger partial charge in [-0.3, -0.25) is 4.79 Å². The van der Waals surface area contributed by atoms with Crippen molar-refractivity contribution < 1.29 is 14.3 Å². The summed E-state index contributed by atoms with van der Waals surface area (Å²) in [5.74, 6) is 1.93. The first-order chi connectivity index (χ1) is 9.76. The topological polar surface area (TPSA) is 35.5 Å². The van der Waals surface area contributed by atoms with Gasteiger partial charge in [0.25, 0.3) is 0 Å². The van der Waals surface area contributed by atoms with Gasteiger partial charge in [0.05, 0.1) is 13.2 Å². The first kappa shape index (κ1) is 12.7. The maximum Gasteiger partial charge on any atom is 0.161 e. The number of carbonyl (C=O) groups is 1. The van der Waals surface area contributed by atoms with Crippen molar-refractivity contribution in [3.05, 3.63) is 48.0 Å². The Balaban J connectivity index is 1.97. The van der Waals surface area contributed by atoms with Crippen molar-refractivity contribution in [1.82, 2.24) is 0 Å². The van der Waals surface area contributed by atoms with Crippen molar-refractivity contribution in [3.63, 3.8) is 0 Å². The summed E-state index contributed by atoms with van der Waals surface area (Å²) in [6.45, 7) is 3.43. The van der Waals surface area contributed by atoms with Gasteiger partial charge in [-0.25, -0.2) is 0 Å². The van der Waals surface area contributed by atoms with E-state index in [0.29, 0.717) is 24.7 Å². The maximum absolute atomic E-state index is 10.9. The Morgan fingerprint density at radius 3 is 2.55 bits per heavy atom. The van der Waals surface area contributed by atoms with E-state index in [1.807, 2.05) is 36.4 Å². The standard InChI is InChI=1S/C17H16O3/c1-12-10-19-16-6-5-15(8-17(16)20-11-12)14-4-2-3-13(7-14)9-18/h2-9,12H,10-11H2,1H3. The van der Waals surface area contributed by atoms with Crippen LogP contribution in [0.25, 0.3) is 11.1 Å². The van der Waals surface area contributed by atoms with E-state index < -0.39 is 0 Å². The Hall–Kier alpha value is -2.29. The average Bonchev–Trinajstić information content (AvgIpc) is 2.69. The molecule has 1 aliphatic rings. The van der Waals surface area contributed by atoms with Crippen LogP contribution in [0.1, 0.15) is 17.3 Å². The van der Waals surface area contributed by atoms with Crippen LogP contribution in [0.3, 0.4) is 0 Å². The van der Waals surface area contributed by atoms with Crippen LogP contribution in [0.15, 0.2) is 42.5 Å². The summed E-state index contributed by atoms with van der Waals surface area (Å²) in [6.07, 6.45) is 0.855. The van der Waals surface area contributed by atoms with Crippen molar-refractivity contribution in [2.75, 3.05) is 13.2 Å². The van der Waals surface area contributed by atoms with E-state index >= 15 is 0 Å². The van der Waals surface area contributed by atoms with Crippen LogP contribution in [0.5, 0.6) is 11.5 Å². The molecule has 20 heavy (non-hydrogen) atoms. The molecule has 0 aromatic heterocycles. The predicted molar refractivity (Wildman–Crippen MR) is 77.4 cm³/mol. The second-order valence-corrected chi connectivity index (χ2v) is 5.13. The molecule has 2 aromatic carbocycles. The Morgan fingerprint density at radius 2 is 1.75 bits per heavy atom. The number of fused-ring (bicyclic) bond motifs is 1. The maximum atomic E-state index is 10.9. The van der Waals surface area contributed by atoms with Crippen LogP contribution in [0, 0.1) is 5.92 Å². The number of hydrogen-bond donors (Lipinski definition) is 0. The highest BCUT2D eigenvalue weighted by Crippen LogP contribution is 2.34. The normalized spacial score (nSPS) is 17.4. The lowest BCUT2D eigenvalue weighted by atomic mass is 10.0. The largest absolute Gasteiger partial charge is 0.489 e. The predicted octanol–water partition coefficient (Wildman–Crippen LogP) is 3.57. The van der Waals surface area contributed by atoms with Crippen LogP contribution < -0.4 is 9.47 Å². The fourth-order valence-corrected chi connectivity index (χ4v) is 2.22. The monoisotopic (exact) mass is 268 g/mol. The van der Waals surface area contributed by atoms with Crippen LogP contribution in [-0.2, 0) is 0 Å². The van der Waals surface area contributed by atoms with E-state index in [0.717, 1.165) is 28.9 Å². The molecule has 0 bridgehead atoms. The molecule has 0 saturated heterocycles. The lowest BCUT2D eigenvalue weighted by Crippen LogP contribution is -2.12. The molecule has 0 N–H and O–H groups in total. The van der Waals surface area contributed by atoms with Crippen LogP contribution in [-0.4, -0.2) is 19.5 Å². The average molecular weight is 268 g/mol. The van der Waals surface area contributed by atoms with Gasteiger partial charge in [0, 0.05) is 11.5 Å². The third-order valence-electron chi connectivity index (χ3n) is 3.35. The van der Waals surface area contributed by atoms with Crippen LogP contribution in [0.4, 0.5) is 0 Å². The Kier molecular flexibility index (Phi) is 3.42. The molecule has 3 rings (SSSR count). The van der Waals surface area contributed by atoms with Crippen LogP contribution >= 0.6 is 0 Å². The fraction of sp³-hybridized carbons (Fsp3) is 0.235. The molecule has 3 nitrogen and oxygen atoms in total. The first-order valence-electron chi connectivity index (χ1n) is 6.71. The number of aldehydes is 1. The summed E-state index contributed by atoms with van der Waals surface area (Å²) in [6, 6.07) is 13.4. The molecule has 1 aliphatic heterocycles. The van der Waals surface area contributed by atoms with Gasteiger partial charge in [-0.1, -0.05) is 31.2 Å². The molecule has 1 unspecified atom stereocenters. The number of carbonyl (C=O) groups excluding carboxylic acids is 1. The number of benzene rings is 2. The molecule has 0 amide bonds. The molecule has 1 heterocycles. The molecule has 0 radical (unpaired) electrons. The minimum Gasteiger partial charge on any atom is -0.489 e. The minimum atomic E-state index is 0.379. The van der Waals surface area contributed by atoms with Gasteiger partial charge in [-0.15, -0.1) is 0 Å². The van der Waals surface area contributed by atoms with Gasteiger partial charge in [0.1, 0.15) is 6.29 Å². The second-order valence-electron chi connectivity index (χ2n) is 5.13. The summed E-state index contributed by atoms with van der Waals surface area (Å²) < 4.78 is 11.5. The first-order valence-corrected chi connectivity index (χ1v) is 6.71. The van der Waals surface area contributed by atoms with Gasteiger partial charge in [0.2, 0.25) is 0 Å². The molecule has 2 aromatic rings. The van der Waals surface area contributed by atoms with E-state index in [2.05, 4.69) is 6.92 Å². The fourth-order valence-electron chi connectivity index (χ4n) is 2.22. The van der Waals surface area contributed by atoms with Gasteiger partial charge < -0.3 is 9.47 Å². The third-order valence-corrected chi connectivity index (χ3v) is 3.35. The highest BCUT2D eigenvalue weighted by molar-refractivity contribution is 5.79.